The number of nitrogens with zero attached hydrogens (tertiary/aromatic N) is 2. The van der Waals surface area contributed by atoms with Crippen LogP contribution in [0.3, 0.4) is 0 Å². The number of anilines is 1. The number of ketones is 1. The monoisotopic (exact) mass is 395 g/mol. The van der Waals surface area contributed by atoms with Gasteiger partial charge in [-0.3, -0.25) is 19.4 Å². The van der Waals surface area contributed by atoms with E-state index in [1.165, 1.54) is 0 Å². The molecule has 2 rings (SSSR count). The molecule has 1 fully saturated rings. The quantitative estimate of drug-likeness (QED) is 0.832. The molecular weight excluding hydrogens is 370 g/mol. The molecule has 0 spiro atoms. The van der Waals surface area contributed by atoms with Gasteiger partial charge in [0.1, 0.15) is 0 Å². The largest absolute Gasteiger partial charge is 0.325 e. The molecule has 0 saturated carbocycles. The summed E-state index contributed by atoms with van der Waals surface area (Å²) in [5, 5.41) is 2.91. The summed E-state index contributed by atoms with van der Waals surface area (Å²) in [6.45, 7) is 10.0. The molecule has 0 bridgehead atoms. The Kier molecular flexibility index (Phi) is 6.54. The Balaban J connectivity index is 1.73. The minimum absolute atomic E-state index is 0.00320. The lowest BCUT2D eigenvalue weighted by Gasteiger charge is -2.35. The second-order valence-corrected chi connectivity index (χ2v) is 8.20. The Bertz CT molecular complexity index is 573. The summed E-state index contributed by atoms with van der Waals surface area (Å²) in [7, 11) is 0. The summed E-state index contributed by atoms with van der Waals surface area (Å²) < 4.78 is 0.987. The molecular formula is C18H26BrN3O2. The van der Waals surface area contributed by atoms with Crippen LogP contribution in [-0.2, 0) is 9.59 Å². The molecule has 132 valence electrons. The fourth-order valence-corrected chi connectivity index (χ4v) is 2.75. The maximum absolute atomic E-state index is 12.1. The average Bonchev–Trinajstić information content (AvgIpc) is 2.50. The van der Waals surface area contributed by atoms with Crippen molar-refractivity contribution in [2.24, 2.45) is 5.41 Å². The minimum Gasteiger partial charge on any atom is -0.325 e. The van der Waals surface area contributed by atoms with Crippen molar-refractivity contribution in [3.63, 3.8) is 0 Å². The normalized spacial score (nSPS) is 16.8. The highest BCUT2D eigenvalue weighted by molar-refractivity contribution is 9.10. The van der Waals surface area contributed by atoms with E-state index in [9.17, 15) is 9.59 Å². The van der Waals surface area contributed by atoms with Gasteiger partial charge in [0.15, 0.2) is 5.78 Å². The van der Waals surface area contributed by atoms with Gasteiger partial charge in [0.05, 0.1) is 13.1 Å². The Hall–Kier alpha value is -1.24. The summed E-state index contributed by atoms with van der Waals surface area (Å²) in [5.41, 5.74) is 0.513. The summed E-state index contributed by atoms with van der Waals surface area (Å²) >= 11 is 3.38. The molecule has 1 aliphatic heterocycles. The van der Waals surface area contributed by atoms with E-state index < -0.39 is 0 Å². The van der Waals surface area contributed by atoms with E-state index in [-0.39, 0.29) is 17.1 Å². The SMILES string of the molecule is CC(C)(C)C(=O)CN1CCN(CC(=O)Nc2ccc(Br)cc2)CC1. The molecule has 0 aromatic heterocycles. The highest BCUT2D eigenvalue weighted by Gasteiger charge is 2.26. The van der Waals surface area contributed by atoms with Crippen molar-refractivity contribution in [3.8, 4) is 0 Å². The van der Waals surface area contributed by atoms with Crippen LogP contribution in [0.1, 0.15) is 20.8 Å². The Morgan fingerprint density at radius 2 is 1.50 bits per heavy atom. The van der Waals surface area contributed by atoms with E-state index in [0.29, 0.717) is 13.1 Å². The molecule has 5 nitrogen and oxygen atoms in total. The van der Waals surface area contributed by atoms with Crippen LogP contribution < -0.4 is 5.32 Å². The number of piperazine rings is 1. The second-order valence-electron chi connectivity index (χ2n) is 7.28. The van der Waals surface area contributed by atoms with Crippen LogP contribution in [0.2, 0.25) is 0 Å². The van der Waals surface area contributed by atoms with Crippen molar-refractivity contribution >= 4 is 33.3 Å². The van der Waals surface area contributed by atoms with Gasteiger partial charge in [0.25, 0.3) is 0 Å². The van der Waals surface area contributed by atoms with Gasteiger partial charge in [-0.25, -0.2) is 0 Å². The Labute approximate surface area is 152 Å². The Morgan fingerprint density at radius 3 is 2.00 bits per heavy atom. The molecule has 1 amide bonds. The molecule has 1 aromatic carbocycles. The van der Waals surface area contributed by atoms with Crippen LogP contribution in [0.15, 0.2) is 28.7 Å². The van der Waals surface area contributed by atoms with Crippen LogP contribution in [0.4, 0.5) is 5.69 Å². The maximum Gasteiger partial charge on any atom is 0.238 e. The van der Waals surface area contributed by atoms with Crippen LogP contribution in [-0.4, -0.2) is 60.8 Å². The van der Waals surface area contributed by atoms with E-state index in [4.69, 9.17) is 0 Å². The van der Waals surface area contributed by atoms with Crippen molar-refractivity contribution in [2.45, 2.75) is 20.8 Å². The standard InChI is InChI=1S/C18H26BrN3O2/c1-18(2,3)16(23)12-21-8-10-22(11-9-21)13-17(24)20-15-6-4-14(19)5-7-15/h4-7H,8-13H2,1-3H3,(H,20,24). The number of hydrogen-bond acceptors (Lipinski definition) is 4. The molecule has 1 aliphatic rings. The number of carbonyl (C=O) groups excluding carboxylic acids is 2. The van der Waals surface area contributed by atoms with Gasteiger partial charge in [-0.2, -0.15) is 0 Å². The Morgan fingerprint density at radius 1 is 1.00 bits per heavy atom. The van der Waals surface area contributed by atoms with E-state index in [2.05, 4.69) is 31.0 Å². The zero-order valence-electron chi connectivity index (χ0n) is 14.6. The number of carbonyl (C=O) groups is 2. The summed E-state index contributed by atoms with van der Waals surface area (Å²) in [6, 6.07) is 7.55. The lowest BCUT2D eigenvalue weighted by molar-refractivity contribution is -0.128. The predicted octanol–water partition coefficient (Wildman–Crippen LogP) is 2.62. The summed E-state index contributed by atoms with van der Waals surface area (Å²) in [4.78, 5) is 28.5. The van der Waals surface area contributed by atoms with Crippen molar-refractivity contribution in [1.82, 2.24) is 9.80 Å². The molecule has 24 heavy (non-hydrogen) atoms. The van der Waals surface area contributed by atoms with Crippen molar-refractivity contribution in [3.05, 3.63) is 28.7 Å². The molecule has 0 unspecified atom stereocenters. The molecule has 1 heterocycles. The molecule has 0 radical (unpaired) electrons. The molecule has 0 aliphatic carbocycles. The van der Waals surface area contributed by atoms with Crippen LogP contribution in [0, 0.1) is 5.41 Å². The van der Waals surface area contributed by atoms with Crippen molar-refractivity contribution < 1.29 is 9.59 Å². The van der Waals surface area contributed by atoms with Crippen molar-refractivity contribution in [1.29, 1.82) is 0 Å². The minimum atomic E-state index is -0.290. The van der Waals surface area contributed by atoms with Gasteiger partial charge < -0.3 is 5.32 Å². The van der Waals surface area contributed by atoms with Gasteiger partial charge in [-0.15, -0.1) is 0 Å². The topological polar surface area (TPSA) is 52.7 Å². The third kappa shape index (κ3) is 6.00. The fourth-order valence-electron chi connectivity index (χ4n) is 2.48. The van der Waals surface area contributed by atoms with E-state index in [0.717, 1.165) is 36.3 Å². The number of hydrogen-bond donors (Lipinski definition) is 1. The number of Topliss-reactive ketones (excluding diaryl/α,β-unsaturated/α-hetero) is 1. The summed E-state index contributed by atoms with van der Waals surface area (Å²) in [6.07, 6.45) is 0. The zero-order chi connectivity index (χ0) is 17.7. The van der Waals surface area contributed by atoms with E-state index in [1.807, 2.05) is 45.0 Å². The molecule has 0 atom stereocenters. The maximum atomic E-state index is 12.1. The van der Waals surface area contributed by atoms with E-state index in [1.54, 1.807) is 0 Å². The highest BCUT2D eigenvalue weighted by atomic mass is 79.9. The van der Waals surface area contributed by atoms with Gasteiger partial charge >= 0.3 is 0 Å². The lowest BCUT2D eigenvalue weighted by atomic mass is 9.90. The molecule has 1 saturated heterocycles. The summed E-state index contributed by atoms with van der Waals surface area (Å²) in [5.74, 6) is 0.264. The number of benzene rings is 1. The zero-order valence-corrected chi connectivity index (χ0v) is 16.2. The number of rotatable bonds is 5. The third-order valence-electron chi connectivity index (χ3n) is 4.16. The highest BCUT2D eigenvalue weighted by Crippen LogP contribution is 2.16. The first kappa shape index (κ1) is 19.1. The first-order valence-corrected chi connectivity index (χ1v) is 9.07. The first-order valence-electron chi connectivity index (χ1n) is 8.27. The average molecular weight is 396 g/mol. The first-order chi connectivity index (χ1) is 11.2. The van der Waals surface area contributed by atoms with Crippen LogP contribution in [0.25, 0.3) is 0 Å². The van der Waals surface area contributed by atoms with Crippen molar-refractivity contribution in [2.75, 3.05) is 44.6 Å². The van der Waals surface area contributed by atoms with Crippen LogP contribution in [0.5, 0.6) is 0 Å². The van der Waals surface area contributed by atoms with Gasteiger partial charge in [0.2, 0.25) is 5.91 Å². The third-order valence-corrected chi connectivity index (χ3v) is 4.69. The van der Waals surface area contributed by atoms with Crippen LogP contribution >= 0.6 is 15.9 Å². The number of amides is 1. The molecule has 6 heteroatoms. The van der Waals surface area contributed by atoms with E-state index >= 15 is 0 Å². The number of nitrogens with one attached hydrogen (secondary N) is 1. The van der Waals surface area contributed by atoms with Gasteiger partial charge in [-0.1, -0.05) is 36.7 Å². The number of halogens is 1. The molecule has 1 aromatic rings. The lowest BCUT2D eigenvalue weighted by Crippen LogP contribution is -2.50. The van der Waals surface area contributed by atoms with Gasteiger partial charge in [0, 0.05) is 41.8 Å². The smallest absolute Gasteiger partial charge is 0.238 e. The second kappa shape index (κ2) is 8.23. The predicted molar refractivity (Wildman–Crippen MR) is 100 cm³/mol. The van der Waals surface area contributed by atoms with Gasteiger partial charge in [-0.05, 0) is 24.3 Å². The molecule has 1 N–H and O–H groups in total. The fraction of sp³-hybridized carbons (Fsp3) is 0.556.